The molecule has 1 aliphatic heterocycles. The van der Waals surface area contributed by atoms with Crippen molar-refractivity contribution in [3.05, 3.63) is 68.7 Å². The Kier molecular flexibility index (Phi) is 5.29. The van der Waals surface area contributed by atoms with Gasteiger partial charge in [-0.05, 0) is 29.8 Å². The molecule has 0 unspecified atom stereocenters. The number of nitrogens with one attached hydrogen (secondary N) is 1. The number of nitro benzene ring substituents is 1. The van der Waals surface area contributed by atoms with Gasteiger partial charge in [0.25, 0.3) is 11.8 Å². The highest BCUT2D eigenvalue weighted by atomic mass is 35.5. The van der Waals surface area contributed by atoms with E-state index in [9.17, 15) is 19.7 Å². The van der Waals surface area contributed by atoms with Crippen LogP contribution in [0.4, 0.5) is 11.4 Å². The number of hydrogen-bond donors (Lipinski definition) is 1. The first kappa shape index (κ1) is 18.9. The maximum absolute atomic E-state index is 12.6. The molecule has 1 heterocycles. The molecule has 28 heavy (non-hydrogen) atoms. The van der Waals surface area contributed by atoms with Gasteiger partial charge in [0.2, 0.25) is 5.75 Å². The lowest BCUT2D eigenvalue weighted by Gasteiger charge is -2.13. The number of nitrogens with zero attached hydrogens (tertiary/aromatic N) is 2. The summed E-state index contributed by atoms with van der Waals surface area (Å²) in [5, 5.41) is 12.4. The van der Waals surface area contributed by atoms with Crippen LogP contribution in [0.15, 0.2) is 48.0 Å². The highest BCUT2D eigenvalue weighted by Gasteiger charge is 2.34. The minimum atomic E-state index is -0.688. The van der Waals surface area contributed by atoms with Crippen LogP contribution in [0.1, 0.15) is 5.56 Å². The van der Waals surface area contributed by atoms with Crippen molar-refractivity contribution in [2.45, 2.75) is 0 Å². The summed E-state index contributed by atoms with van der Waals surface area (Å²) < 4.78 is 5.14. The quantitative estimate of drug-likeness (QED) is 0.275. The van der Waals surface area contributed by atoms with Gasteiger partial charge < -0.3 is 4.74 Å². The molecular formula is C19H12ClN3O5. The normalized spacial score (nSPS) is 14.7. The number of terminal acetylenes is 1. The molecule has 1 saturated heterocycles. The second kappa shape index (κ2) is 7.82. The summed E-state index contributed by atoms with van der Waals surface area (Å²) in [4.78, 5) is 35.5. The highest BCUT2D eigenvalue weighted by molar-refractivity contribution is 6.33. The van der Waals surface area contributed by atoms with Gasteiger partial charge in [0.15, 0.2) is 0 Å². The SMILES string of the molecule is C#CCOc1c(Cl)cc(/C=C2/C(=O)NN(c3ccccc3)C2=O)cc1[N+](=O)[O-]. The van der Waals surface area contributed by atoms with Gasteiger partial charge in [-0.1, -0.05) is 35.7 Å². The van der Waals surface area contributed by atoms with Gasteiger partial charge in [0.05, 0.1) is 15.6 Å². The maximum atomic E-state index is 12.6. The number of rotatable bonds is 5. The number of ether oxygens (including phenoxy) is 1. The third-order valence-corrected chi connectivity index (χ3v) is 4.04. The first-order valence-corrected chi connectivity index (χ1v) is 8.26. The third kappa shape index (κ3) is 3.65. The molecular weight excluding hydrogens is 386 g/mol. The average Bonchev–Trinajstić information content (AvgIpc) is 2.95. The van der Waals surface area contributed by atoms with E-state index >= 15 is 0 Å². The van der Waals surface area contributed by atoms with Crippen molar-refractivity contribution in [2.24, 2.45) is 0 Å². The monoisotopic (exact) mass is 397 g/mol. The number of nitro groups is 1. The summed E-state index contributed by atoms with van der Waals surface area (Å²) in [6.45, 7) is -0.200. The van der Waals surface area contributed by atoms with Gasteiger partial charge in [0.1, 0.15) is 12.2 Å². The van der Waals surface area contributed by atoms with Crippen LogP contribution in [0, 0.1) is 22.5 Å². The Morgan fingerprint density at radius 1 is 1.29 bits per heavy atom. The zero-order valence-corrected chi connectivity index (χ0v) is 15.0. The smallest absolute Gasteiger partial charge is 0.313 e. The fourth-order valence-electron chi connectivity index (χ4n) is 2.56. The summed E-state index contributed by atoms with van der Waals surface area (Å²) >= 11 is 6.07. The molecule has 1 fully saturated rings. The van der Waals surface area contributed by atoms with Gasteiger partial charge in [-0.15, -0.1) is 6.42 Å². The lowest BCUT2D eigenvalue weighted by atomic mass is 10.1. The summed E-state index contributed by atoms with van der Waals surface area (Å²) in [6.07, 6.45) is 6.33. The van der Waals surface area contributed by atoms with E-state index in [-0.39, 0.29) is 28.5 Å². The summed E-state index contributed by atoms with van der Waals surface area (Å²) in [7, 11) is 0. The van der Waals surface area contributed by atoms with E-state index in [1.54, 1.807) is 30.3 Å². The maximum Gasteiger partial charge on any atom is 0.313 e. The lowest BCUT2D eigenvalue weighted by Crippen LogP contribution is -2.35. The van der Waals surface area contributed by atoms with Crippen molar-refractivity contribution >= 4 is 40.9 Å². The van der Waals surface area contributed by atoms with Gasteiger partial charge in [-0.25, -0.2) is 5.01 Å². The standard InChI is InChI=1S/C19H12ClN3O5/c1-2-8-28-17-15(20)10-12(11-16(17)23(26)27)9-14-18(24)21-22(19(14)25)13-6-4-3-5-7-13/h1,3-7,9-11H,8H2,(H,21,24)/b14-9-. The molecule has 140 valence electrons. The molecule has 1 aliphatic rings. The number of amides is 2. The Labute approximate surface area is 164 Å². The fourth-order valence-corrected chi connectivity index (χ4v) is 2.84. The van der Waals surface area contributed by atoms with Crippen LogP contribution in [0.3, 0.4) is 0 Å². The number of carbonyl (C=O) groups excluding carboxylic acids is 2. The number of halogens is 1. The highest BCUT2D eigenvalue weighted by Crippen LogP contribution is 2.37. The topological polar surface area (TPSA) is 102 Å². The summed E-state index contributed by atoms with van der Waals surface area (Å²) in [5.41, 5.74) is 2.50. The first-order chi connectivity index (χ1) is 13.4. The predicted molar refractivity (Wildman–Crippen MR) is 102 cm³/mol. The molecule has 0 saturated carbocycles. The largest absolute Gasteiger partial charge is 0.473 e. The predicted octanol–water partition coefficient (Wildman–Crippen LogP) is 2.72. The number of hydrogen-bond acceptors (Lipinski definition) is 5. The molecule has 2 aromatic rings. The fraction of sp³-hybridized carbons (Fsp3) is 0.0526. The summed E-state index contributed by atoms with van der Waals surface area (Å²) in [5.74, 6) is 0.782. The number of carbonyl (C=O) groups is 2. The summed E-state index contributed by atoms with van der Waals surface area (Å²) in [6, 6.07) is 11.0. The van der Waals surface area contributed by atoms with Crippen molar-refractivity contribution in [1.82, 2.24) is 5.43 Å². The van der Waals surface area contributed by atoms with Crippen molar-refractivity contribution in [2.75, 3.05) is 11.6 Å². The van der Waals surface area contributed by atoms with Crippen molar-refractivity contribution in [1.29, 1.82) is 0 Å². The van der Waals surface area contributed by atoms with Crippen molar-refractivity contribution in [3.8, 4) is 18.1 Å². The van der Waals surface area contributed by atoms with Crippen molar-refractivity contribution in [3.63, 3.8) is 0 Å². The molecule has 0 aliphatic carbocycles. The van der Waals surface area contributed by atoms with Crippen LogP contribution in [0.25, 0.3) is 6.08 Å². The second-order valence-electron chi connectivity index (χ2n) is 5.58. The van der Waals surface area contributed by atoms with Crippen LogP contribution in [0.2, 0.25) is 5.02 Å². The average molecular weight is 398 g/mol. The molecule has 0 aromatic heterocycles. The molecule has 0 atom stereocenters. The van der Waals surface area contributed by atoms with E-state index < -0.39 is 22.4 Å². The van der Waals surface area contributed by atoms with E-state index in [0.29, 0.717) is 5.69 Å². The Morgan fingerprint density at radius 2 is 2.00 bits per heavy atom. The number of hydrazine groups is 1. The Morgan fingerprint density at radius 3 is 2.64 bits per heavy atom. The van der Waals surface area contributed by atoms with Crippen LogP contribution in [-0.4, -0.2) is 23.3 Å². The molecule has 2 amide bonds. The minimum Gasteiger partial charge on any atom is -0.473 e. The number of para-hydroxylation sites is 1. The van der Waals surface area contributed by atoms with Gasteiger partial charge >= 0.3 is 5.69 Å². The lowest BCUT2D eigenvalue weighted by molar-refractivity contribution is -0.385. The van der Waals surface area contributed by atoms with Crippen LogP contribution in [-0.2, 0) is 9.59 Å². The van der Waals surface area contributed by atoms with Gasteiger partial charge in [-0.2, -0.15) is 0 Å². The molecule has 2 aromatic carbocycles. The number of benzene rings is 2. The van der Waals surface area contributed by atoms with E-state index in [2.05, 4.69) is 11.3 Å². The third-order valence-electron chi connectivity index (χ3n) is 3.76. The van der Waals surface area contributed by atoms with E-state index in [1.165, 1.54) is 12.1 Å². The van der Waals surface area contributed by atoms with Crippen LogP contribution in [0.5, 0.6) is 5.75 Å². The molecule has 1 N–H and O–H groups in total. The van der Waals surface area contributed by atoms with Crippen molar-refractivity contribution < 1.29 is 19.2 Å². The zero-order chi connectivity index (χ0) is 20.3. The van der Waals surface area contributed by atoms with Gasteiger partial charge in [0, 0.05) is 6.07 Å². The first-order valence-electron chi connectivity index (χ1n) is 7.88. The number of anilines is 1. The van der Waals surface area contributed by atoms with E-state index in [0.717, 1.165) is 11.1 Å². The minimum absolute atomic E-state index is 0.0675. The zero-order valence-electron chi connectivity index (χ0n) is 14.2. The van der Waals surface area contributed by atoms with E-state index in [1.807, 2.05) is 0 Å². The Bertz CT molecular complexity index is 1040. The van der Waals surface area contributed by atoms with Crippen LogP contribution < -0.4 is 15.2 Å². The Balaban J connectivity index is 1.99. The molecule has 8 nitrogen and oxygen atoms in total. The van der Waals surface area contributed by atoms with E-state index in [4.69, 9.17) is 22.8 Å². The molecule has 9 heteroatoms. The Hall–Kier alpha value is -3.83. The second-order valence-corrected chi connectivity index (χ2v) is 5.98. The molecule has 0 radical (unpaired) electrons. The molecule has 0 spiro atoms. The molecule has 0 bridgehead atoms. The van der Waals surface area contributed by atoms with Gasteiger partial charge in [-0.3, -0.25) is 25.1 Å². The molecule has 3 rings (SSSR count). The van der Waals surface area contributed by atoms with Crippen LogP contribution >= 0.6 is 11.6 Å².